The van der Waals surface area contributed by atoms with E-state index >= 15 is 0 Å². The highest BCUT2D eigenvalue weighted by atomic mass is 79.9. The van der Waals surface area contributed by atoms with Crippen LogP contribution in [-0.2, 0) is 11.3 Å². The Kier molecular flexibility index (Phi) is 2.96. The van der Waals surface area contributed by atoms with Gasteiger partial charge in [-0.2, -0.15) is 0 Å². The quantitative estimate of drug-likeness (QED) is 0.885. The fraction of sp³-hybridized carbons (Fsp3) is 0.273. The van der Waals surface area contributed by atoms with Gasteiger partial charge in [-0.05, 0) is 23.8 Å². The fourth-order valence-electron chi connectivity index (χ4n) is 1.73. The van der Waals surface area contributed by atoms with Crippen LogP contribution in [0.3, 0.4) is 0 Å². The summed E-state index contributed by atoms with van der Waals surface area (Å²) in [5.74, 6) is -0.230. The normalized spacial score (nSPS) is 13.9. The summed E-state index contributed by atoms with van der Waals surface area (Å²) in [4.78, 5) is 24.6. The van der Waals surface area contributed by atoms with Crippen LogP contribution in [0.5, 0.6) is 0 Å². The van der Waals surface area contributed by atoms with Crippen molar-refractivity contribution in [2.45, 2.75) is 6.54 Å². The van der Waals surface area contributed by atoms with Gasteiger partial charge in [-0.25, -0.2) is 0 Å². The minimum absolute atomic E-state index is 0.0777. The standard InChI is InChI=1S/C11H11BrN2O2/c1-13-10(15)6-14-5-7-4-8(12)2-3-9(7)11(14)16/h2-4H,5-6H2,1H3,(H,13,15). The van der Waals surface area contributed by atoms with Gasteiger partial charge < -0.3 is 10.2 Å². The molecule has 0 unspecified atom stereocenters. The number of likely N-dealkylation sites (N-methyl/N-ethyl adjacent to an activating group) is 1. The summed E-state index contributed by atoms with van der Waals surface area (Å²) >= 11 is 3.36. The lowest BCUT2D eigenvalue weighted by Gasteiger charge is -2.13. The van der Waals surface area contributed by atoms with E-state index in [0.717, 1.165) is 10.0 Å². The van der Waals surface area contributed by atoms with E-state index in [2.05, 4.69) is 21.2 Å². The number of hydrogen-bond donors (Lipinski definition) is 1. The van der Waals surface area contributed by atoms with E-state index in [9.17, 15) is 9.59 Å². The highest BCUT2D eigenvalue weighted by molar-refractivity contribution is 9.10. The maximum atomic E-state index is 11.9. The van der Waals surface area contributed by atoms with Crippen LogP contribution in [0.1, 0.15) is 15.9 Å². The number of nitrogens with zero attached hydrogens (tertiary/aromatic N) is 1. The van der Waals surface area contributed by atoms with Gasteiger partial charge >= 0.3 is 0 Å². The average Bonchev–Trinajstić information content (AvgIpc) is 2.55. The van der Waals surface area contributed by atoms with E-state index in [0.29, 0.717) is 12.1 Å². The Balaban J connectivity index is 2.20. The maximum Gasteiger partial charge on any atom is 0.254 e. The van der Waals surface area contributed by atoms with Gasteiger partial charge in [-0.15, -0.1) is 0 Å². The predicted octanol–water partition coefficient (Wildman–Crippen LogP) is 1.15. The lowest BCUT2D eigenvalue weighted by Crippen LogP contribution is -2.35. The maximum absolute atomic E-state index is 11.9. The monoisotopic (exact) mass is 282 g/mol. The van der Waals surface area contributed by atoms with Crippen molar-refractivity contribution in [2.75, 3.05) is 13.6 Å². The van der Waals surface area contributed by atoms with E-state index in [1.165, 1.54) is 4.90 Å². The molecule has 0 bridgehead atoms. The first-order chi connectivity index (χ1) is 7.61. The van der Waals surface area contributed by atoms with Gasteiger partial charge in [0.05, 0.1) is 0 Å². The Morgan fingerprint density at radius 1 is 1.56 bits per heavy atom. The van der Waals surface area contributed by atoms with Gasteiger partial charge in [0, 0.05) is 23.6 Å². The van der Waals surface area contributed by atoms with Crippen molar-refractivity contribution >= 4 is 27.7 Å². The molecule has 0 saturated carbocycles. The second kappa shape index (κ2) is 4.25. The number of hydrogen-bond acceptors (Lipinski definition) is 2. The molecule has 16 heavy (non-hydrogen) atoms. The van der Waals surface area contributed by atoms with E-state index in [1.54, 1.807) is 13.1 Å². The summed E-state index contributed by atoms with van der Waals surface area (Å²) in [6, 6.07) is 5.53. The van der Waals surface area contributed by atoms with Crippen molar-refractivity contribution in [2.24, 2.45) is 0 Å². The largest absolute Gasteiger partial charge is 0.358 e. The van der Waals surface area contributed by atoms with E-state index in [4.69, 9.17) is 0 Å². The van der Waals surface area contributed by atoms with Crippen molar-refractivity contribution in [3.05, 3.63) is 33.8 Å². The van der Waals surface area contributed by atoms with Crippen molar-refractivity contribution in [3.8, 4) is 0 Å². The molecule has 1 aliphatic heterocycles. The van der Waals surface area contributed by atoms with Crippen LogP contribution in [0, 0.1) is 0 Å². The predicted molar refractivity (Wildman–Crippen MR) is 62.9 cm³/mol. The van der Waals surface area contributed by atoms with Crippen molar-refractivity contribution in [1.29, 1.82) is 0 Å². The molecule has 0 fully saturated rings. The second-order valence-corrected chi connectivity index (χ2v) is 4.55. The minimum Gasteiger partial charge on any atom is -0.358 e. The molecular weight excluding hydrogens is 272 g/mol. The average molecular weight is 283 g/mol. The molecule has 0 aliphatic carbocycles. The highest BCUT2D eigenvalue weighted by Gasteiger charge is 2.28. The molecule has 1 N–H and O–H groups in total. The first-order valence-electron chi connectivity index (χ1n) is 4.90. The number of carbonyl (C=O) groups excluding carboxylic acids is 2. The molecule has 1 aliphatic rings. The zero-order valence-electron chi connectivity index (χ0n) is 8.79. The number of amides is 2. The molecule has 0 saturated heterocycles. The number of carbonyl (C=O) groups is 2. The molecule has 0 aromatic heterocycles. The number of fused-ring (bicyclic) bond motifs is 1. The Bertz CT molecular complexity index is 459. The van der Waals surface area contributed by atoms with Gasteiger partial charge in [0.1, 0.15) is 6.54 Å². The molecule has 2 amide bonds. The zero-order valence-corrected chi connectivity index (χ0v) is 10.4. The van der Waals surface area contributed by atoms with Crippen LogP contribution in [0.25, 0.3) is 0 Å². The Morgan fingerprint density at radius 3 is 3.00 bits per heavy atom. The highest BCUT2D eigenvalue weighted by Crippen LogP contribution is 2.25. The first kappa shape index (κ1) is 11.1. The smallest absolute Gasteiger partial charge is 0.254 e. The number of benzene rings is 1. The number of rotatable bonds is 2. The third-order valence-electron chi connectivity index (χ3n) is 2.56. The van der Waals surface area contributed by atoms with Crippen LogP contribution in [-0.4, -0.2) is 30.3 Å². The van der Waals surface area contributed by atoms with E-state index in [1.807, 2.05) is 12.1 Å². The third kappa shape index (κ3) is 1.95. The topological polar surface area (TPSA) is 49.4 Å². The lowest BCUT2D eigenvalue weighted by atomic mass is 10.1. The van der Waals surface area contributed by atoms with Gasteiger partial charge in [0.2, 0.25) is 5.91 Å². The van der Waals surface area contributed by atoms with Gasteiger partial charge in [0.15, 0.2) is 0 Å². The van der Waals surface area contributed by atoms with E-state index < -0.39 is 0 Å². The lowest BCUT2D eigenvalue weighted by molar-refractivity contribution is -0.121. The Hall–Kier alpha value is -1.36. The van der Waals surface area contributed by atoms with Gasteiger partial charge in [-0.1, -0.05) is 15.9 Å². The molecule has 4 nitrogen and oxygen atoms in total. The summed E-state index contributed by atoms with van der Waals surface area (Å²) in [6.07, 6.45) is 0. The molecule has 1 aromatic rings. The van der Waals surface area contributed by atoms with Crippen molar-refractivity contribution in [1.82, 2.24) is 10.2 Å². The molecule has 1 aromatic carbocycles. The molecule has 1 heterocycles. The summed E-state index contributed by atoms with van der Waals surface area (Å²) in [6.45, 7) is 0.614. The fourth-order valence-corrected chi connectivity index (χ4v) is 2.14. The van der Waals surface area contributed by atoms with Crippen LogP contribution in [0.2, 0.25) is 0 Å². The van der Waals surface area contributed by atoms with Crippen LogP contribution in [0.15, 0.2) is 22.7 Å². The van der Waals surface area contributed by atoms with Gasteiger partial charge in [-0.3, -0.25) is 9.59 Å². The number of halogens is 1. The SMILES string of the molecule is CNC(=O)CN1Cc2cc(Br)ccc2C1=O. The molecule has 5 heteroatoms. The summed E-state index contributed by atoms with van der Waals surface area (Å²) in [5.41, 5.74) is 1.65. The molecule has 0 atom stereocenters. The van der Waals surface area contributed by atoms with E-state index in [-0.39, 0.29) is 18.4 Å². The Morgan fingerprint density at radius 2 is 2.31 bits per heavy atom. The van der Waals surface area contributed by atoms with Crippen molar-refractivity contribution in [3.63, 3.8) is 0 Å². The Labute approximate surface area is 102 Å². The third-order valence-corrected chi connectivity index (χ3v) is 3.05. The van der Waals surface area contributed by atoms with Crippen LogP contribution >= 0.6 is 15.9 Å². The van der Waals surface area contributed by atoms with Gasteiger partial charge in [0.25, 0.3) is 5.91 Å². The summed E-state index contributed by atoms with van der Waals surface area (Å²) < 4.78 is 0.945. The zero-order chi connectivity index (χ0) is 11.7. The molecule has 84 valence electrons. The number of nitrogens with one attached hydrogen (secondary N) is 1. The molecular formula is C11H11BrN2O2. The minimum atomic E-state index is -0.153. The van der Waals surface area contributed by atoms with Crippen LogP contribution < -0.4 is 5.32 Å². The van der Waals surface area contributed by atoms with Crippen molar-refractivity contribution < 1.29 is 9.59 Å². The molecule has 2 rings (SSSR count). The second-order valence-electron chi connectivity index (χ2n) is 3.64. The summed E-state index contributed by atoms with van der Waals surface area (Å²) in [5, 5.41) is 2.51. The summed E-state index contributed by atoms with van der Waals surface area (Å²) in [7, 11) is 1.56. The van der Waals surface area contributed by atoms with Crippen LogP contribution in [0.4, 0.5) is 0 Å². The molecule has 0 spiro atoms. The molecule has 0 radical (unpaired) electrons. The first-order valence-corrected chi connectivity index (χ1v) is 5.69.